The molecule has 1 rings (SSSR count). The monoisotopic (exact) mass is 249 g/mol. The van der Waals surface area contributed by atoms with Gasteiger partial charge in [-0.1, -0.05) is 32.9 Å². The summed E-state index contributed by atoms with van der Waals surface area (Å²) in [4.78, 5) is 12.2. The van der Waals surface area contributed by atoms with Gasteiger partial charge in [-0.15, -0.1) is 0 Å². The van der Waals surface area contributed by atoms with Crippen molar-refractivity contribution < 1.29 is 9.53 Å². The molecule has 0 aromatic heterocycles. The molecule has 0 aliphatic carbocycles. The minimum Gasteiger partial charge on any atom is -0.496 e. The van der Waals surface area contributed by atoms with Crippen LogP contribution in [0.1, 0.15) is 42.3 Å². The lowest BCUT2D eigenvalue weighted by molar-refractivity contribution is 0.0990. The minimum absolute atomic E-state index is 0.0479. The summed E-state index contributed by atoms with van der Waals surface area (Å²) < 4.78 is 5.50. The number of aryl methyl sites for hydroxylation is 1. The van der Waals surface area contributed by atoms with Crippen molar-refractivity contribution in [1.29, 1.82) is 0 Å². The van der Waals surface area contributed by atoms with Crippen LogP contribution in [0.3, 0.4) is 0 Å². The van der Waals surface area contributed by atoms with Crippen molar-refractivity contribution in [3.8, 4) is 5.75 Å². The van der Waals surface area contributed by atoms with Crippen molar-refractivity contribution in [1.82, 2.24) is 5.32 Å². The van der Waals surface area contributed by atoms with Crippen molar-refractivity contribution in [3.63, 3.8) is 0 Å². The third kappa shape index (κ3) is 2.91. The fourth-order valence-corrected chi connectivity index (χ4v) is 2.08. The molecule has 1 aromatic rings. The van der Waals surface area contributed by atoms with Crippen molar-refractivity contribution >= 4 is 5.78 Å². The molecule has 0 saturated carbocycles. The van der Waals surface area contributed by atoms with Crippen LogP contribution in [-0.2, 0) is 5.41 Å². The van der Waals surface area contributed by atoms with Crippen molar-refractivity contribution in [2.75, 3.05) is 20.7 Å². The van der Waals surface area contributed by atoms with Gasteiger partial charge in [0.2, 0.25) is 0 Å². The van der Waals surface area contributed by atoms with Crippen LogP contribution in [-0.4, -0.2) is 26.5 Å². The van der Waals surface area contributed by atoms with Gasteiger partial charge in [0.05, 0.1) is 19.2 Å². The number of ketones is 1. The van der Waals surface area contributed by atoms with E-state index in [-0.39, 0.29) is 11.2 Å². The Morgan fingerprint density at radius 2 is 1.94 bits per heavy atom. The van der Waals surface area contributed by atoms with Gasteiger partial charge < -0.3 is 10.1 Å². The smallest absolute Gasteiger partial charge is 0.180 e. The Labute approximate surface area is 110 Å². The Hall–Kier alpha value is -1.35. The quantitative estimate of drug-likeness (QED) is 0.834. The van der Waals surface area contributed by atoms with Gasteiger partial charge in [-0.05, 0) is 24.9 Å². The van der Waals surface area contributed by atoms with E-state index in [4.69, 9.17) is 4.74 Å². The molecule has 1 N–H and O–H groups in total. The molecule has 0 spiro atoms. The lowest BCUT2D eigenvalue weighted by Crippen LogP contribution is -2.22. The van der Waals surface area contributed by atoms with Crippen molar-refractivity contribution in [2.24, 2.45) is 0 Å². The van der Waals surface area contributed by atoms with Crippen LogP contribution < -0.4 is 10.1 Å². The first-order valence-corrected chi connectivity index (χ1v) is 6.18. The SMILES string of the molecule is CNCC(=O)c1c(C)ccc(C(C)(C)C)c1OC. The van der Waals surface area contributed by atoms with Gasteiger partial charge >= 0.3 is 0 Å². The van der Waals surface area contributed by atoms with E-state index in [9.17, 15) is 4.79 Å². The first-order valence-electron chi connectivity index (χ1n) is 6.18. The van der Waals surface area contributed by atoms with Gasteiger partial charge in [-0.25, -0.2) is 0 Å². The molecular formula is C15H23NO2. The van der Waals surface area contributed by atoms with Crippen LogP contribution in [0.5, 0.6) is 5.75 Å². The Balaban J connectivity index is 3.44. The van der Waals surface area contributed by atoms with Crippen molar-refractivity contribution in [3.05, 3.63) is 28.8 Å². The topological polar surface area (TPSA) is 38.3 Å². The van der Waals surface area contributed by atoms with E-state index >= 15 is 0 Å². The zero-order chi connectivity index (χ0) is 13.9. The molecule has 3 nitrogen and oxygen atoms in total. The Morgan fingerprint density at radius 1 is 1.33 bits per heavy atom. The molecule has 0 heterocycles. The summed E-state index contributed by atoms with van der Waals surface area (Å²) in [5.41, 5.74) is 2.67. The normalized spacial score (nSPS) is 11.4. The van der Waals surface area contributed by atoms with Gasteiger partial charge in [-0.3, -0.25) is 4.79 Å². The first-order chi connectivity index (χ1) is 8.32. The number of likely N-dealkylation sites (N-methyl/N-ethyl adjacent to an activating group) is 1. The molecule has 0 atom stereocenters. The minimum atomic E-state index is -0.0479. The molecule has 0 bridgehead atoms. The maximum absolute atomic E-state index is 12.2. The fourth-order valence-electron chi connectivity index (χ4n) is 2.08. The summed E-state index contributed by atoms with van der Waals surface area (Å²) in [5, 5.41) is 2.90. The molecule has 100 valence electrons. The van der Waals surface area contributed by atoms with E-state index in [1.165, 1.54) is 0 Å². The summed E-state index contributed by atoms with van der Waals surface area (Å²) in [5.74, 6) is 0.778. The molecule has 0 saturated heterocycles. The molecule has 0 amide bonds. The lowest BCUT2D eigenvalue weighted by atomic mass is 9.83. The maximum atomic E-state index is 12.2. The highest BCUT2D eigenvalue weighted by Gasteiger charge is 2.24. The second-order valence-electron chi connectivity index (χ2n) is 5.54. The van der Waals surface area contributed by atoms with Crippen LogP contribution in [0.4, 0.5) is 0 Å². The van der Waals surface area contributed by atoms with Crippen molar-refractivity contribution in [2.45, 2.75) is 33.1 Å². The number of Topliss-reactive ketones (excluding diaryl/α,β-unsaturated/α-hetero) is 1. The largest absolute Gasteiger partial charge is 0.496 e. The fraction of sp³-hybridized carbons (Fsp3) is 0.533. The zero-order valence-electron chi connectivity index (χ0n) is 12.2. The van der Waals surface area contributed by atoms with Gasteiger partial charge in [0.1, 0.15) is 5.75 Å². The third-order valence-electron chi connectivity index (χ3n) is 2.99. The summed E-state index contributed by atoms with van der Waals surface area (Å²) in [6.07, 6.45) is 0. The highest BCUT2D eigenvalue weighted by Crippen LogP contribution is 2.35. The van der Waals surface area contributed by atoms with Crippen LogP contribution in [0.2, 0.25) is 0 Å². The lowest BCUT2D eigenvalue weighted by Gasteiger charge is -2.24. The second-order valence-corrected chi connectivity index (χ2v) is 5.54. The summed E-state index contributed by atoms with van der Waals surface area (Å²) in [6, 6.07) is 4.04. The molecule has 0 aliphatic rings. The number of rotatable bonds is 4. The number of carbonyl (C=O) groups is 1. The highest BCUT2D eigenvalue weighted by molar-refractivity contribution is 6.02. The average Bonchev–Trinajstić information content (AvgIpc) is 2.26. The number of nitrogens with one attached hydrogen (secondary N) is 1. The molecule has 18 heavy (non-hydrogen) atoms. The second kappa shape index (κ2) is 5.53. The molecule has 0 unspecified atom stereocenters. The third-order valence-corrected chi connectivity index (χ3v) is 2.99. The van der Waals surface area contributed by atoms with Crippen LogP contribution >= 0.6 is 0 Å². The predicted molar refractivity (Wildman–Crippen MR) is 74.7 cm³/mol. The van der Waals surface area contributed by atoms with E-state index in [1.807, 2.05) is 19.1 Å². The molecule has 0 aliphatic heterocycles. The molecular weight excluding hydrogens is 226 g/mol. The Bertz CT molecular complexity index is 445. The van der Waals surface area contributed by atoms with Gasteiger partial charge in [0.15, 0.2) is 5.78 Å². The van der Waals surface area contributed by atoms with E-state index in [1.54, 1.807) is 14.2 Å². The Kier molecular flexibility index (Phi) is 4.52. The van der Waals surface area contributed by atoms with Crippen LogP contribution in [0.15, 0.2) is 12.1 Å². The van der Waals surface area contributed by atoms with E-state index in [0.717, 1.165) is 11.1 Å². The maximum Gasteiger partial charge on any atom is 0.180 e. The molecule has 1 aromatic carbocycles. The molecule has 3 heteroatoms. The van der Waals surface area contributed by atoms with Gasteiger partial charge in [-0.2, -0.15) is 0 Å². The predicted octanol–water partition coefficient (Wildman–Crippen LogP) is 2.70. The number of hydrogen-bond acceptors (Lipinski definition) is 3. The van der Waals surface area contributed by atoms with E-state index < -0.39 is 0 Å². The molecule has 0 radical (unpaired) electrons. The van der Waals surface area contributed by atoms with Gasteiger partial charge in [0, 0.05) is 5.56 Å². The average molecular weight is 249 g/mol. The van der Waals surface area contributed by atoms with E-state index in [2.05, 4.69) is 26.1 Å². The van der Waals surface area contributed by atoms with E-state index in [0.29, 0.717) is 17.9 Å². The highest BCUT2D eigenvalue weighted by atomic mass is 16.5. The number of ether oxygens (including phenoxy) is 1. The number of carbonyl (C=O) groups excluding carboxylic acids is 1. The number of benzene rings is 1. The standard InChI is InChI=1S/C15H23NO2/c1-10-7-8-11(15(2,3)4)14(18-6)13(10)12(17)9-16-5/h7-8,16H,9H2,1-6H3. The van der Waals surface area contributed by atoms with Crippen LogP contribution in [0.25, 0.3) is 0 Å². The zero-order valence-corrected chi connectivity index (χ0v) is 12.2. The number of hydrogen-bond donors (Lipinski definition) is 1. The Morgan fingerprint density at radius 3 is 2.39 bits per heavy atom. The summed E-state index contributed by atoms with van der Waals surface area (Å²) in [6.45, 7) is 8.62. The van der Waals surface area contributed by atoms with Crippen LogP contribution in [0, 0.1) is 6.92 Å². The summed E-state index contributed by atoms with van der Waals surface area (Å²) >= 11 is 0. The summed E-state index contributed by atoms with van der Waals surface area (Å²) in [7, 11) is 3.40. The number of methoxy groups -OCH3 is 1. The molecule has 0 fully saturated rings. The van der Waals surface area contributed by atoms with Gasteiger partial charge in [0.25, 0.3) is 0 Å². The first kappa shape index (κ1) is 14.7.